The molecule has 5 rings (SSSR count). The largest absolute Gasteiger partial charge is 0.370 e. The van der Waals surface area contributed by atoms with Crippen LogP contribution in [0.1, 0.15) is 25.3 Å². The van der Waals surface area contributed by atoms with Crippen LogP contribution in [0.5, 0.6) is 0 Å². The molecule has 172 valence electrons. The number of nitrogens with zero attached hydrogens (tertiary/aromatic N) is 5. The summed E-state index contributed by atoms with van der Waals surface area (Å²) in [7, 11) is 0. The molecule has 0 bridgehead atoms. The summed E-state index contributed by atoms with van der Waals surface area (Å²) >= 11 is 12.8. The highest BCUT2D eigenvalue weighted by Crippen LogP contribution is 2.35. The quantitative estimate of drug-likeness (QED) is 0.562. The number of aromatic nitrogens is 4. The topological polar surface area (TPSA) is 111 Å². The number of hydrogen-bond acceptors (Lipinski definition) is 7. The third-order valence-electron chi connectivity index (χ3n) is 5.93. The second-order valence-electron chi connectivity index (χ2n) is 8.20. The molecule has 2 aromatic heterocycles. The monoisotopic (exact) mass is 487 g/mol. The Bertz CT molecular complexity index is 1170. The van der Waals surface area contributed by atoms with Crippen molar-refractivity contribution in [1.29, 1.82) is 0 Å². The molecule has 1 amide bonds. The number of nitrogens with one attached hydrogen (secondary N) is 1. The molecule has 1 aromatic carbocycles. The molecule has 2 atom stereocenters. The van der Waals surface area contributed by atoms with Gasteiger partial charge in [0.2, 0.25) is 5.95 Å². The van der Waals surface area contributed by atoms with E-state index < -0.39 is 0 Å². The molecule has 3 N–H and O–H groups in total. The number of ether oxygens (including phenoxy) is 1. The van der Waals surface area contributed by atoms with Crippen LogP contribution >= 0.6 is 23.2 Å². The van der Waals surface area contributed by atoms with Crippen molar-refractivity contribution in [2.75, 3.05) is 30.0 Å². The third-order valence-corrected chi connectivity index (χ3v) is 6.48. The summed E-state index contributed by atoms with van der Waals surface area (Å²) < 4.78 is 7.05. The molecule has 1 saturated heterocycles. The van der Waals surface area contributed by atoms with E-state index in [9.17, 15) is 4.79 Å². The summed E-state index contributed by atoms with van der Waals surface area (Å²) in [6, 6.07) is 7.88. The molecule has 2 fully saturated rings. The number of halogens is 2. The van der Waals surface area contributed by atoms with Crippen molar-refractivity contribution in [2.45, 2.75) is 31.3 Å². The predicted molar refractivity (Wildman–Crippen MR) is 127 cm³/mol. The Hall–Kier alpha value is -2.72. The average Bonchev–Trinajstić information content (AvgIpc) is 3.41. The number of benzene rings is 1. The molecular formula is C22H23Cl2N7O2. The van der Waals surface area contributed by atoms with Crippen molar-refractivity contribution >= 4 is 46.4 Å². The molecule has 3 aromatic rings. The molecule has 0 unspecified atom stereocenters. The molecule has 0 spiro atoms. The van der Waals surface area contributed by atoms with Crippen LogP contribution in [-0.4, -0.2) is 51.5 Å². The van der Waals surface area contributed by atoms with E-state index >= 15 is 0 Å². The first-order chi connectivity index (χ1) is 16.0. The average molecular weight is 488 g/mol. The third kappa shape index (κ3) is 4.67. The first-order valence-electron chi connectivity index (χ1n) is 10.8. The standard InChI is InChI=1S/C22H23Cl2N7O2/c23-18-10-26-22(27-14-2-5-15(6-3-14)30-7-8-33-12-19(30)32)28-20(18)17-11-31(29-21(17)24)16-4-1-13(25)9-16/h2-3,5-6,10-11,13,16H,1,4,7-9,12,25H2,(H,26,27,28)/t13-,16-/m1/s1. The van der Waals surface area contributed by atoms with Gasteiger partial charge in [0.1, 0.15) is 6.61 Å². The van der Waals surface area contributed by atoms with Gasteiger partial charge in [0.05, 0.1) is 35.1 Å². The van der Waals surface area contributed by atoms with Gasteiger partial charge in [0, 0.05) is 30.2 Å². The first kappa shape index (κ1) is 22.1. The Morgan fingerprint density at radius 1 is 1.18 bits per heavy atom. The van der Waals surface area contributed by atoms with Gasteiger partial charge in [-0.05, 0) is 43.5 Å². The summed E-state index contributed by atoms with van der Waals surface area (Å²) in [5, 5.41) is 8.35. The zero-order valence-corrected chi connectivity index (χ0v) is 19.3. The minimum Gasteiger partial charge on any atom is -0.370 e. The fourth-order valence-corrected chi connectivity index (χ4v) is 4.63. The van der Waals surface area contributed by atoms with Gasteiger partial charge >= 0.3 is 0 Å². The SMILES string of the molecule is N[C@@H]1CC[C@@H](n2cc(-c3nc(Nc4ccc(N5CCOCC5=O)cc4)ncc3Cl)c(Cl)n2)C1. The smallest absolute Gasteiger partial charge is 0.253 e. The van der Waals surface area contributed by atoms with E-state index in [1.807, 2.05) is 35.1 Å². The van der Waals surface area contributed by atoms with Crippen LogP contribution in [0.3, 0.4) is 0 Å². The number of anilines is 3. The number of morpholine rings is 1. The highest BCUT2D eigenvalue weighted by Gasteiger charge is 2.26. The Morgan fingerprint density at radius 2 is 2.00 bits per heavy atom. The van der Waals surface area contributed by atoms with Crippen LogP contribution in [0.4, 0.5) is 17.3 Å². The number of hydrogen-bond donors (Lipinski definition) is 2. The van der Waals surface area contributed by atoms with Crippen molar-refractivity contribution in [3.63, 3.8) is 0 Å². The van der Waals surface area contributed by atoms with Crippen molar-refractivity contribution in [3.8, 4) is 11.3 Å². The van der Waals surface area contributed by atoms with Gasteiger partial charge in [-0.25, -0.2) is 9.97 Å². The fourth-order valence-electron chi connectivity index (χ4n) is 4.21. The minimum atomic E-state index is -0.0513. The minimum absolute atomic E-state index is 0.0513. The lowest BCUT2D eigenvalue weighted by Crippen LogP contribution is -2.41. The number of rotatable bonds is 5. The van der Waals surface area contributed by atoms with Crippen molar-refractivity contribution in [3.05, 3.63) is 46.8 Å². The van der Waals surface area contributed by atoms with E-state index in [0.29, 0.717) is 40.5 Å². The van der Waals surface area contributed by atoms with Gasteiger partial charge < -0.3 is 20.7 Å². The van der Waals surface area contributed by atoms with E-state index in [1.54, 1.807) is 4.90 Å². The lowest BCUT2D eigenvalue weighted by molar-refractivity contribution is -0.125. The van der Waals surface area contributed by atoms with Gasteiger partial charge in [-0.15, -0.1) is 0 Å². The first-order valence-corrected chi connectivity index (χ1v) is 11.5. The van der Waals surface area contributed by atoms with Gasteiger partial charge in [-0.2, -0.15) is 5.10 Å². The normalized spacial score (nSPS) is 20.9. The van der Waals surface area contributed by atoms with Crippen LogP contribution in [0.2, 0.25) is 10.2 Å². The predicted octanol–water partition coefficient (Wildman–Crippen LogP) is 3.81. The van der Waals surface area contributed by atoms with E-state index in [4.69, 9.17) is 33.7 Å². The summed E-state index contributed by atoms with van der Waals surface area (Å²) in [5.74, 6) is 0.320. The van der Waals surface area contributed by atoms with Crippen molar-refractivity contribution < 1.29 is 9.53 Å². The molecule has 1 aliphatic heterocycles. The molecule has 11 heteroatoms. The van der Waals surface area contributed by atoms with Gasteiger partial charge in [-0.3, -0.25) is 9.48 Å². The van der Waals surface area contributed by atoms with Gasteiger partial charge in [0.25, 0.3) is 5.91 Å². The second-order valence-corrected chi connectivity index (χ2v) is 8.97. The zero-order valence-electron chi connectivity index (χ0n) is 17.7. The van der Waals surface area contributed by atoms with Crippen molar-refractivity contribution in [2.24, 2.45) is 5.73 Å². The van der Waals surface area contributed by atoms with E-state index in [0.717, 1.165) is 30.6 Å². The molecule has 0 radical (unpaired) electrons. The van der Waals surface area contributed by atoms with Crippen LogP contribution < -0.4 is 16.0 Å². The Morgan fingerprint density at radius 3 is 2.73 bits per heavy atom. The molecule has 9 nitrogen and oxygen atoms in total. The Balaban J connectivity index is 1.35. The molecule has 33 heavy (non-hydrogen) atoms. The van der Waals surface area contributed by atoms with Gasteiger partial charge in [-0.1, -0.05) is 23.2 Å². The number of carbonyl (C=O) groups excluding carboxylic acids is 1. The van der Waals surface area contributed by atoms with E-state index in [2.05, 4.69) is 20.4 Å². The van der Waals surface area contributed by atoms with Crippen LogP contribution in [0.15, 0.2) is 36.7 Å². The lowest BCUT2D eigenvalue weighted by Gasteiger charge is -2.26. The van der Waals surface area contributed by atoms with E-state index in [1.165, 1.54) is 6.20 Å². The molecule has 2 aliphatic rings. The molecule has 1 aliphatic carbocycles. The maximum atomic E-state index is 12.0. The number of amides is 1. The summed E-state index contributed by atoms with van der Waals surface area (Å²) in [4.78, 5) is 22.6. The van der Waals surface area contributed by atoms with E-state index in [-0.39, 0.29) is 24.6 Å². The Labute approximate surface area is 200 Å². The number of nitrogens with two attached hydrogens (primary N) is 1. The molecule has 3 heterocycles. The van der Waals surface area contributed by atoms with Crippen LogP contribution in [0.25, 0.3) is 11.3 Å². The second kappa shape index (κ2) is 9.26. The summed E-state index contributed by atoms with van der Waals surface area (Å²) in [5.41, 5.74) is 8.78. The van der Waals surface area contributed by atoms with Crippen LogP contribution in [-0.2, 0) is 9.53 Å². The van der Waals surface area contributed by atoms with Crippen LogP contribution in [0, 0.1) is 0 Å². The summed E-state index contributed by atoms with van der Waals surface area (Å²) in [6.45, 7) is 1.17. The zero-order chi connectivity index (χ0) is 22.9. The fraction of sp³-hybridized carbons (Fsp3) is 0.364. The lowest BCUT2D eigenvalue weighted by atomic mass is 10.2. The molecular weight excluding hydrogens is 465 g/mol. The maximum Gasteiger partial charge on any atom is 0.253 e. The van der Waals surface area contributed by atoms with Gasteiger partial charge in [0.15, 0.2) is 5.15 Å². The highest BCUT2D eigenvalue weighted by molar-refractivity contribution is 6.35. The van der Waals surface area contributed by atoms with Crippen molar-refractivity contribution in [1.82, 2.24) is 19.7 Å². The maximum absolute atomic E-state index is 12.0. The Kier molecular flexibility index (Phi) is 6.20. The molecule has 1 saturated carbocycles. The number of carbonyl (C=O) groups is 1. The highest BCUT2D eigenvalue weighted by atomic mass is 35.5. The summed E-state index contributed by atoms with van der Waals surface area (Å²) in [6.07, 6.45) is 6.21.